The largest absolute Gasteiger partial charge is 0.481 e. The van der Waals surface area contributed by atoms with E-state index in [1.165, 1.54) is 0 Å². The van der Waals surface area contributed by atoms with Gasteiger partial charge in [0.2, 0.25) is 0 Å². The number of hydrogen-bond donors (Lipinski definition) is 2. The van der Waals surface area contributed by atoms with Gasteiger partial charge in [0.05, 0.1) is 5.69 Å². The topological polar surface area (TPSA) is 84.2 Å². The number of amides is 1. The van der Waals surface area contributed by atoms with Crippen molar-refractivity contribution in [2.24, 2.45) is 0 Å². The lowest BCUT2D eigenvalue weighted by atomic mass is 10.2. The third-order valence-corrected chi connectivity index (χ3v) is 3.51. The number of carbonyl (C=O) groups is 2. The van der Waals surface area contributed by atoms with Gasteiger partial charge in [0.15, 0.2) is 5.69 Å². The molecule has 0 saturated heterocycles. The fourth-order valence-electron chi connectivity index (χ4n) is 2.15. The molecule has 0 unspecified atom stereocenters. The summed E-state index contributed by atoms with van der Waals surface area (Å²) in [4.78, 5) is 22.5. The molecule has 122 valence electrons. The number of aliphatic carboxylic acids is 1. The molecule has 23 heavy (non-hydrogen) atoms. The number of nitrogens with zero attached hydrogens (tertiary/aromatic N) is 2. The monoisotopic (exact) mass is 335 g/mol. The minimum atomic E-state index is -0.827. The zero-order valence-electron chi connectivity index (χ0n) is 12.8. The van der Waals surface area contributed by atoms with Gasteiger partial charge in [-0.2, -0.15) is 5.10 Å². The van der Waals surface area contributed by atoms with Crippen molar-refractivity contribution in [2.45, 2.75) is 26.2 Å². The molecule has 0 aliphatic heterocycles. The predicted octanol–water partition coefficient (Wildman–Crippen LogP) is 2.82. The number of rotatable bonds is 7. The zero-order chi connectivity index (χ0) is 16.8. The minimum absolute atomic E-state index is 0.109. The van der Waals surface area contributed by atoms with Gasteiger partial charge in [0, 0.05) is 23.7 Å². The van der Waals surface area contributed by atoms with Crippen LogP contribution >= 0.6 is 11.6 Å². The summed E-state index contributed by atoms with van der Waals surface area (Å²) in [7, 11) is 0. The van der Waals surface area contributed by atoms with Crippen LogP contribution in [0.1, 0.15) is 35.4 Å². The second-order valence-corrected chi connectivity index (χ2v) is 5.61. The van der Waals surface area contributed by atoms with Crippen LogP contribution in [-0.4, -0.2) is 33.3 Å². The molecule has 6 nitrogen and oxygen atoms in total. The van der Waals surface area contributed by atoms with E-state index in [0.29, 0.717) is 30.1 Å². The molecule has 0 radical (unpaired) electrons. The maximum absolute atomic E-state index is 12.1. The Kier molecular flexibility index (Phi) is 5.76. The summed E-state index contributed by atoms with van der Waals surface area (Å²) < 4.78 is 1.66. The van der Waals surface area contributed by atoms with E-state index < -0.39 is 5.97 Å². The quantitative estimate of drug-likeness (QED) is 0.762. The highest BCUT2D eigenvalue weighted by atomic mass is 35.5. The van der Waals surface area contributed by atoms with Crippen LogP contribution in [0.15, 0.2) is 30.3 Å². The van der Waals surface area contributed by atoms with Crippen LogP contribution < -0.4 is 5.32 Å². The summed E-state index contributed by atoms with van der Waals surface area (Å²) in [5.41, 5.74) is 1.93. The Morgan fingerprint density at radius 1 is 1.30 bits per heavy atom. The predicted molar refractivity (Wildman–Crippen MR) is 87.1 cm³/mol. The van der Waals surface area contributed by atoms with Gasteiger partial charge in [-0.15, -0.1) is 0 Å². The Morgan fingerprint density at radius 2 is 2.09 bits per heavy atom. The van der Waals surface area contributed by atoms with E-state index in [-0.39, 0.29) is 12.3 Å². The van der Waals surface area contributed by atoms with Crippen LogP contribution in [0, 0.1) is 6.92 Å². The summed E-state index contributed by atoms with van der Waals surface area (Å²) in [6.07, 6.45) is 1.26. The average Bonchev–Trinajstić information content (AvgIpc) is 2.88. The van der Waals surface area contributed by atoms with Crippen molar-refractivity contribution in [1.29, 1.82) is 0 Å². The van der Waals surface area contributed by atoms with Gasteiger partial charge in [0.1, 0.15) is 0 Å². The normalized spacial score (nSPS) is 10.5. The first-order chi connectivity index (χ1) is 11.0. The van der Waals surface area contributed by atoms with E-state index in [4.69, 9.17) is 16.7 Å². The lowest BCUT2D eigenvalue weighted by molar-refractivity contribution is -0.137. The van der Waals surface area contributed by atoms with Gasteiger partial charge in [0.25, 0.3) is 5.91 Å². The molecule has 1 amide bonds. The molecule has 0 saturated carbocycles. The lowest BCUT2D eigenvalue weighted by Gasteiger charge is -2.04. The standard InChI is InChI=1S/C16H18ClN3O3/c1-11-9-14(16(23)18-8-3-2-7-15(21)22)19-20(11)13-6-4-5-12(17)10-13/h4-6,9-10H,2-3,7-8H2,1H3,(H,18,23)(H,21,22). The lowest BCUT2D eigenvalue weighted by Crippen LogP contribution is -2.25. The highest BCUT2D eigenvalue weighted by Crippen LogP contribution is 2.16. The third-order valence-electron chi connectivity index (χ3n) is 3.28. The number of unbranched alkanes of at least 4 members (excludes halogenated alkanes) is 1. The van der Waals surface area contributed by atoms with Gasteiger partial charge in [-0.05, 0) is 44.0 Å². The molecular weight excluding hydrogens is 318 g/mol. The maximum Gasteiger partial charge on any atom is 0.303 e. The number of hydrogen-bond acceptors (Lipinski definition) is 3. The molecule has 2 N–H and O–H groups in total. The number of aromatic nitrogens is 2. The first kappa shape index (κ1) is 17.0. The van der Waals surface area contributed by atoms with Crippen LogP contribution in [0.4, 0.5) is 0 Å². The summed E-state index contributed by atoms with van der Waals surface area (Å²) in [5.74, 6) is -1.10. The van der Waals surface area contributed by atoms with Gasteiger partial charge < -0.3 is 10.4 Å². The number of aryl methyl sites for hydroxylation is 1. The SMILES string of the molecule is Cc1cc(C(=O)NCCCCC(=O)O)nn1-c1cccc(Cl)c1. The van der Waals surface area contributed by atoms with E-state index in [9.17, 15) is 9.59 Å². The molecule has 0 aliphatic carbocycles. The molecule has 1 aromatic carbocycles. The first-order valence-electron chi connectivity index (χ1n) is 7.30. The molecule has 2 rings (SSSR count). The van der Waals surface area contributed by atoms with Crippen molar-refractivity contribution in [3.63, 3.8) is 0 Å². The van der Waals surface area contributed by atoms with Gasteiger partial charge in [-0.1, -0.05) is 17.7 Å². The van der Waals surface area contributed by atoms with Gasteiger partial charge in [-0.3, -0.25) is 9.59 Å². The highest BCUT2D eigenvalue weighted by Gasteiger charge is 2.13. The molecule has 0 atom stereocenters. The molecule has 0 aliphatic rings. The number of nitrogens with one attached hydrogen (secondary N) is 1. The van der Waals surface area contributed by atoms with Crippen LogP contribution in [0.5, 0.6) is 0 Å². The van der Waals surface area contributed by atoms with Crippen molar-refractivity contribution < 1.29 is 14.7 Å². The van der Waals surface area contributed by atoms with Crippen molar-refractivity contribution in [1.82, 2.24) is 15.1 Å². The molecular formula is C16H18ClN3O3. The van der Waals surface area contributed by atoms with E-state index in [2.05, 4.69) is 10.4 Å². The molecule has 0 bridgehead atoms. The Balaban J connectivity index is 1.97. The Labute approximate surface area is 139 Å². The third kappa shape index (κ3) is 4.82. The number of halogens is 1. The number of carboxylic acid groups (broad SMARTS) is 1. The Hall–Kier alpha value is -2.34. The summed E-state index contributed by atoms with van der Waals surface area (Å²) in [6, 6.07) is 8.93. The maximum atomic E-state index is 12.1. The number of benzene rings is 1. The molecule has 1 heterocycles. The molecule has 7 heteroatoms. The Morgan fingerprint density at radius 3 is 2.78 bits per heavy atom. The van der Waals surface area contributed by atoms with E-state index in [0.717, 1.165) is 11.4 Å². The molecule has 0 fully saturated rings. The van der Waals surface area contributed by atoms with Crippen molar-refractivity contribution in [3.8, 4) is 5.69 Å². The van der Waals surface area contributed by atoms with Crippen molar-refractivity contribution >= 4 is 23.5 Å². The van der Waals surface area contributed by atoms with E-state index in [1.54, 1.807) is 22.9 Å². The average molecular weight is 336 g/mol. The summed E-state index contributed by atoms with van der Waals surface area (Å²) >= 11 is 5.97. The Bertz CT molecular complexity index is 712. The summed E-state index contributed by atoms with van der Waals surface area (Å²) in [6.45, 7) is 2.28. The smallest absolute Gasteiger partial charge is 0.303 e. The van der Waals surface area contributed by atoms with Crippen molar-refractivity contribution in [2.75, 3.05) is 6.54 Å². The van der Waals surface area contributed by atoms with Crippen molar-refractivity contribution in [3.05, 3.63) is 46.7 Å². The minimum Gasteiger partial charge on any atom is -0.481 e. The fraction of sp³-hybridized carbons (Fsp3) is 0.312. The number of carbonyl (C=O) groups excluding carboxylic acids is 1. The van der Waals surface area contributed by atoms with Crippen LogP contribution in [0.25, 0.3) is 5.69 Å². The van der Waals surface area contributed by atoms with E-state index in [1.807, 2.05) is 19.1 Å². The second kappa shape index (κ2) is 7.78. The fourth-order valence-corrected chi connectivity index (χ4v) is 2.33. The highest BCUT2D eigenvalue weighted by molar-refractivity contribution is 6.30. The van der Waals surface area contributed by atoms with Gasteiger partial charge >= 0.3 is 5.97 Å². The molecule has 0 spiro atoms. The van der Waals surface area contributed by atoms with Gasteiger partial charge in [-0.25, -0.2) is 4.68 Å². The molecule has 2 aromatic rings. The first-order valence-corrected chi connectivity index (χ1v) is 7.68. The summed E-state index contributed by atoms with van der Waals surface area (Å²) in [5, 5.41) is 16.2. The van der Waals surface area contributed by atoms with Crippen LogP contribution in [0.3, 0.4) is 0 Å². The zero-order valence-corrected chi connectivity index (χ0v) is 13.5. The number of carboxylic acids is 1. The van der Waals surface area contributed by atoms with Crippen LogP contribution in [0.2, 0.25) is 5.02 Å². The molecule has 1 aromatic heterocycles. The van der Waals surface area contributed by atoms with Crippen LogP contribution in [-0.2, 0) is 4.79 Å². The second-order valence-electron chi connectivity index (χ2n) is 5.17. The van der Waals surface area contributed by atoms with E-state index >= 15 is 0 Å².